The number of amides is 1. The first kappa shape index (κ1) is 14.7. The molecule has 0 fully saturated rings. The summed E-state index contributed by atoms with van der Waals surface area (Å²) in [6.07, 6.45) is 3.14. The molecule has 7 heteroatoms. The van der Waals surface area contributed by atoms with Crippen LogP contribution in [0.3, 0.4) is 0 Å². The Labute approximate surface area is 120 Å². The maximum atomic E-state index is 13.4. The fourth-order valence-corrected chi connectivity index (χ4v) is 1.62. The summed E-state index contributed by atoms with van der Waals surface area (Å²) in [5.41, 5.74) is 0.570. The van der Waals surface area contributed by atoms with Crippen LogP contribution in [0.1, 0.15) is 12.0 Å². The van der Waals surface area contributed by atoms with Crippen molar-refractivity contribution in [3.8, 4) is 11.8 Å². The number of nitrogens with one attached hydrogen (secondary N) is 1. The molecule has 1 amide bonds. The molecule has 2 N–H and O–H groups in total. The summed E-state index contributed by atoms with van der Waals surface area (Å²) in [5.74, 6) is 4.12. The van der Waals surface area contributed by atoms with E-state index in [1.54, 1.807) is 4.68 Å². The third-order valence-electron chi connectivity index (χ3n) is 2.59. The molecule has 0 unspecified atom stereocenters. The lowest BCUT2D eigenvalue weighted by molar-refractivity contribution is -0.116. The Bertz CT molecular complexity index is 674. The van der Waals surface area contributed by atoms with Crippen molar-refractivity contribution in [2.24, 2.45) is 0 Å². The summed E-state index contributed by atoms with van der Waals surface area (Å²) in [6.45, 7) is 0.0537. The van der Waals surface area contributed by atoms with Gasteiger partial charge in [0.25, 0.3) is 0 Å². The molecule has 108 valence electrons. The van der Waals surface area contributed by atoms with E-state index in [1.165, 1.54) is 30.9 Å². The van der Waals surface area contributed by atoms with E-state index in [9.17, 15) is 9.18 Å². The molecule has 21 heavy (non-hydrogen) atoms. The summed E-state index contributed by atoms with van der Waals surface area (Å²) < 4.78 is 15.0. The molecule has 6 nitrogen and oxygen atoms in total. The Morgan fingerprint density at radius 2 is 2.33 bits per heavy atom. The van der Waals surface area contributed by atoms with Crippen LogP contribution < -0.4 is 5.32 Å². The van der Waals surface area contributed by atoms with Gasteiger partial charge in [0.2, 0.25) is 5.91 Å². The number of hydrogen-bond acceptors (Lipinski definition) is 4. The zero-order chi connectivity index (χ0) is 15.1. The Hall–Kier alpha value is -2.72. The van der Waals surface area contributed by atoms with Gasteiger partial charge in [0.05, 0.1) is 12.1 Å². The lowest BCUT2D eigenvalue weighted by atomic mass is 10.2. The van der Waals surface area contributed by atoms with Gasteiger partial charge in [0.1, 0.15) is 25.1 Å². The van der Waals surface area contributed by atoms with E-state index in [2.05, 4.69) is 27.2 Å². The van der Waals surface area contributed by atoms with Gasteiger partial charge in [-0.2, -0.15) is 5.10 Å². The van der Waals surface area contributed by atoms with Gasteiger partial charge in [0.15, 0.2) is 0 Å². The van der Waals surface area contributed by atoms with Crippen molar-refractivity contribution in [3.05, 3.63) is 42.2 Å². The van der Waals surface area contributed by atoms with Crippen LogP contribution in [-0.4, -0.2) is 32.4 Å². The topological polar surface area (TPSA) is 80.0 Å². The monoisotopic (exact) mass is 288 g/mol. The van der Waals surface area contributed by atoms with Gasteiger partial charge in [-0.05, 0) is 18.2 Å². The average molecular weight is 288 g/mol. The average Bonchev–Trinajstić information content (AvgIpc) is 2.99. The molecular weight excluding hydrogens is 275 g/mol. The van der Waals surface area contributed by atoms with Crippen LogP contribution in [0.4, 0.5) is 10.1 Å². The molecule has 0 bridgehead atoms. The van der Waals surface area contributed by atoms with Crippen LogP contribution in [0.25, 0.3) is 0 Å². The number of aliphatic hydroxyl groups excluding tert-OH is 1. The number of nitrogens with zero attached hydrogens (tertiary/aromatic N) is 3. The Morgan fingerprint density at radius 3 is 3.05 bits per heavy atom. The van der Waals surface area contributed by atoms with Gasteiger partial charge in [-0.1, -0.05) is 11.8 Å². The molecule has 0 radical (unpaired) electrons. The number of carbonyl (C=O) groups is 1. The normalized spacial score (nSPS) is 9.81. The Kier molecular flexibility index (Phi) is 5.01. The summed E-state index contributed by atoms with van der Waals surface area (Å²) in [7, 11) is 0. The van der Waals surface area contributed by atoms with Crippen molar-refractivity contribution in [1.82, 2.24) is 14.8 Å². The highest BCUT2D eigenvalue weighted by atomic mass is 19.1. The molecule has 0 atom stereocenters. The largest absolute Gasteiger partial charge is 0.384 e. The molecule has 1 aromatic heterocycles. The highest BCUT2D eigenvalue weighted by molar-refractivity contribution is 5.90. The van der Waals surface area contributed by atoms with E-state index >= 15 is 0 Å². The van der Waals surface area contributed by atoms with Gasteiger partial charge >= 0.3 is 0 Å². The third-order valence-corrected chi connectivity index (χ3v) is 2.59. The van der Waals surface area contributed by atoms with Crippen LogP contribution >= 0.6 is 0 Å². The van der Waals surface area contributed by atoms with E-state index in [-0.39, 0.29) is 24.5 Å². The number of aryl methyl sites for hydroxylation is 1. The van der Waals surface area contributed by atoms with Gasteiger partial charge in [0, 0.05) is 12.1 Å². The smallest absolute Gasteiger partial charge is 0.226 e. The molecular formula is C14H13FN4O2. The van der Waals surface area contributed by atoms with E-state index in [0.29, 0.717) is 12.2 Å². The number of benzene rings is 1. The highest BCUT2D eigenvalue weighted by Gasteiger charge is 2.06. The lowest BCUT2D eigenvalue weighted by Crippen LogP contribution is -2.14. The van der Waals surface area contributed by atoms with Crippen molar-refractivity contribution in [2.75, 3.05) is 11.9 Å². The predicted molar refractivity (Wildman–Crippen MR) is 73.6 cm³/mol. The number of rotatable bonds is 4. The summed E-state index contributed by atoms with van der Waals surface area (Å²) >= 11 is 0. The van der Waals surface area contributed by atoms with Crippen LogP contribution in [0, 0.1) is 17.7 Å². The first-order valence-electron chi connectivity index (χ1n) is 6.20. The van der Waals surface area contributed by atoms with Gasteiger partial charge in [-0.25, -0.2) is 9.37 Å². The number of halogens is 1. The molecule has 0 aliphatic heterocycles. The number of hydrogen-bond donors (Lipinski definition) is 2. The Balaban J connectivity index is 1.97. The molecule has 0 spiro atoms. The summed E-state index contributed by atoms with van der Waals surface area (Å²) in [6, 6.07) is 4.09. The van der Waals surface area contributed by atoms with E-state index < -0.39 is 5.82 Å². The van der Waals surface area contributed by atoms with Crippen LogP contribution in [0.2, 0.25) is 0 Å². The van der Waals surface area contributed by atoms with Crippen molar-refractivity contribution >= 4 is 11.6 Å². The fourth-order valence-electron chi connectivity index (χ4n) is 1.62. The van der Waals surface area contributed by atoms with Crippen molar-refractivity contribution in [2.45, 2.75) is 13.0 Å². The van der Waals surface area contributed by atoms with E-state index in [4.69, 9.17) is 5.11 Å². The molecule has 0 saturated heterocycles. The van der Waals surface area contributed by atoms with Crippen molar-refractivity contribution in [3.63, 3.8) is 0 Å². The number of anilines is 1. The minimum atomic E-state index is -0.503. The standard InChI is InChI=1S/C14H13FN4O2/c15-13-4-3-12(8-11(13)2-1-7-20)18-14(21)5-6-19-10-16-9-17-19/h3-4,8-10,20H,5-7H2,(H,18,21). The Morgan fingerprint density at radius 1 is 1.48 bits per heavy atom. The number of aliphatic hydroxyl groups is 1. The van der Waals surface area contributed by atoms with Gasteiger partial charge < -0.3 is 10.4 Å². The second-order valence-corrected chi connectivity index (χ2v) is 4.11. The molecule has 2 aromatic rings. The molecule has 1 heterocycles. The third kappa shape index (κ3) is 4.40. The van der Waals surface area contributed by atoms with E-state index in [0.717, 1.165) is 0 Å². The maximum absolute atomic E-state index is 13.4. The fraction of sp³-hybridized carbons (Fsp3) is 0.214. The minimum Gasteiger partial charge on any atom is -0.384 e. The van der Waals surface area contributed by atoms with Crippen LogP contribution in [-0.2, 0) is 11.3 Å². The summed E-state index contributed by atoms with van der Waals surface area (Å²) in [4.78, 5) is 15.6. The maximum Gasteiger partial charge on any atom is 0.226 e. The molecule has 1 aromatic carbocycles. The SMILES string of the molecule is O=C(CCn1cncn1)Nc1ccc(F)c(C#CCO)c1. The molecule has 0 saturated carbocycles. The number of carbonyl (C=O) groups excluding carboxylic acids is 1. The molecule has 0 aliphatic carbocycles. The minimum absolute atomic E-state index is 0.123. The zero-order valence-electron chi connectivity index (χ0n) is 11.1. The van der Waals surface area contributed by atoms with Crippen LogP contribution in [0.15, 0.2) is 30.9 Å². The predicted octanol–water partition coefficient (Wildman–Crippen LogP) is 0.790. The van der Waals surface area contributed by atoms with Gasteiger partial charge in [-0.3, -0.25) is 9.48 Å². The quantitative estimate of drug-likeness (QED) is 0.815. The molecule has 2 rings (SSSR count). The second kappa shape index (κ2) is 7.17. The van der Waals surface area contributed by atoms with Gasteiger partial charge in [-0.15, -0.1) is 0 Å². The summed E-state index contributed by atoms with van der Waals surface area (Å²) in [5, 5.41) is 15.2. The first-order chi connectivity index (χ1) is 10.2. The van der Waals surface area contributed by atoms with Crippen molar-refractivity contribution in [1.29, 1.82) is 0 Å². The molecule has 0 aliphatic rings. The number of aromatic nitrogens is 3. The van der Waals surface area contributed by atoms with Crippen LogP contribution in [0.5, 0.6) is 0 Å². The second-order valence-electron chi connectivity index (χ2n) is 4.11. The lowest BCUT2D eigenvalue weighted by Gasteiger charge is -2.06. The first-order valence-corrected chi connectivity index (χ1v) is 6.20. The zero-order valence-corrected chi connectivity index (χ0v) is 11.1. The van der Waals surface area contributed by atoms with E-state index in [1.807, 2.05) is 0 Å². The van der Waals surface area contributed by atoms with Crippen molar-refractivity contribution < 1.29 is 14.3 Å². The highest BCUT2D eigenvalue weighted by Crippen LogP contribution is 2.14.